The molecule has 1 aliphatic rings. The molecule has 20 heavy (non-hydrogen) atoms. The fourth-order valence-corrected chi connectivity index (χ4v) is 2.57. The summed E-state index contributed by atoms with van der Waals surface area (Å²) in [7, 11) is 0. The van der Waals surface area contributed by atoms with E-state index in [-0.39, 0.29) is 6.04 Å². The largest absolute Gasteiger partial charge is 0.389 e. The van der Waals surface area contributed by atoms with E-state index in [4.69, 9.17) is 5.73 Å². The average Bonchev–Trinajstić information content (AvgIpc) is 2.38. The minimum absolute atomic E-state index is 0.0354. The second kappa shape index (κ2) is 6.08. The van der Waals surface area contributed by atoms with Gasteiger partial charge < -0.3 is 15.7 Å². The van der Waals surface area contributed by atoms with Gasteiger partial charge in [-0.1, -0.05) is 0 Å². The maximum absolute atomic E-state index is 9.87. The van der Waals surface area contributed by atoms with Gasteiger partial charge in [-0.05, 0) is 38.5 Å². The molecule has 0 saturated carbocycles. The van der Waals surface area contributed by atoms with Gasteiger partial charge in [-0.25, -0.2) is 4.98 Å². The Hall–Kier alpha value is -1.17. The third kappa shape index (κ3) is 4.16. The summed E-state index contributed by atoms with van der Waals surface area (Å²) in [5.41, 5.74) is 6.41. The zero-order chi connectivity index (χ0) is 14.8. The van der Waals surface area contributed by atoms with Gasteiger partial charge in [0.25, 0.3) is 0 Å². The van der Waals surface area contributed by atoms with Crippen LogP contribution in [-0.2, 0) is 0 Å². The minimum atomic E-state index is -0.630. The predicted molar refractivity (Wildman–Crippen MR) is 81.8 cm³/mol. The fraction of sp³-hybridized carbons (Fsp3) is 0.667. The van der Waals surface area contributed by atoms with Crippen LogP contribution in [0.3, 0.4) is 0 Å². The lowest BCUT2D eigenvalue weighted by molar-refractivity contribution is 0.0344. The molecule has 2 heterocycles. The summed E-state index contributed by atoms with van der Waals surface area (Å²) in [5.74, 6) is 1.00. The van der Waals surface area contributed by atoms with Gasteiger partial charge in [-0.15, -0.1) is 0 Å². The van der Waals surface area contributed by atoms with Crippen LogP contribution >= 0.6 is 0 Å². The first-order valence-electron chi connectivity index (χ1n) is 7.26. The number of piperazine rings is 1. The summed E-state index contributed by atoms with van der Waals surface area (Å²) >= 11 is 0. The van der Waals surface area contributed by atoms with E-state index < -0.39 is 5.60 Å². The van der Waals surface area contributed by atoms with Crippen LogP contribution in [0.1, 0.15) is 32.4 Å². The highest BCUT2D eigenvalue weighted by Gasteiger charge is 2.23. The van der Waals surface area contributed by atoms with Crippen molar-refractivity contribution in [3.8, 4) is 0 Å². The van der Waals surface area contributed by atoms with Crippen LogP contribution < -0.4 is 10.6 Å². The van der Waals surface area contributed by atoms with E-state index in [1.807, 2.05) is 33.0 Å². The van der Waals surface area contributed by atoms with Crippen molar-refractivity contribution in [2.45, 2.75) is 32.4 Å². The topological polar surface area (TPSA) is 65.6 Å². The molecule has 0 aromatic carbocycles. The number of pyridine rings is 1. The first kappa shape index (κ1) is 15.2. The van der Waals surface area contributed by atoms with E-state index in [0.29, 0.717) is 6.54 Å². The van der Waals surface area contributed by atoms with Gasteiger partial charge in [0.2, 0.25) is 0 Å². The van der Waals surface area contributed by atoms with Crippen molar-refractivity contribution < 1.29 is 5.11 Å². The number of rotatable bonds is 4. The molecule has 0 amide bonds. The summed E-state index contributed by atoms with van der Waals surface area (Å²) in [4.78, 5) is 9.03. The second-order valence-electron chi connectivity index (χ2n) is 6.31. The monoisotopic (exact) mass is 278 g/mol. The fourth-order valence-electron chi connectivity index (χ4n) is 2.57. The van der Waals surface area contributed by atoms with Gasteiger partial charge in [-0.2, -0.15) is 0 Å². The third-order valence-electron chi connectivity index (χ3n) is 3.60. The van der Waals surface area contributed by atoms with Crippen LogP contribution in [0, 0.1) is 0 Å². The van der Waals surface area contributed by atoms with E-state index in [9.17, 15) is 5.11 Å². The van der Waals surface area contributed by atoms with Crippen LogP contribution in [0.2, 0.25) is 0 Å². The lowest BCUT2D eigenvalue weighted by Crippen LogP contribution is -2.50. The molecule has 1 aromatic rings. The van der Waals surface area contributed by atoms with Gasteiger partial charge in [0, 0.05) is 45.0 Å². The molecule has 0 radical (unpaired) electrons. The Morgan fingerprint density at radius 2 is 2.00 bits per heavy atom. The molecular formula is C15H26N4O. The van der Waals surface area contributed by atoms with Crippen molar-refractivity contribution >= 4 is 5.82 Å². The molecule has 1 atom stereocenters. The first-order chi connectivity index (χ1) is 9.35. The van der Waals surface area contributed by atoms with Gasteiger partial charge >= 0.3 is 0 Å². The number of aromatic nitrogens is 1. The molecule has 5 nitrogen and oxygen atoms in total. The number of anilines is 1. The Morgan fingerprint density at radius 3 is 2.55 bits per heavy atom. The molecule has 0 aliphatic carbocycles. The number of hydrogen-bond acceptors (Lipinski definition) is 5. The molecule has 3 N–H and O–H groups in total. The average molecular weight is 278 g/mol. The highest BCUT2D eigenvalue weighted by Crippen LogP contribution is 2.18. The van der Waals surface area contributed by atoms with Crippen LogP contribution in [0.25, 0.3) is 0 Å². The first-order valence-corrected chi connectivity index (χ1v) is 7.26. The zero-order valence-electron chi connectivity index (χ0n) is 12.7. The van der Waals surface area contributed by atoms with Crippen molar-refractivity contribution in [1.82, 2.24) is 9.88 Å². The van der Waals surface area contributed by atoms with E-state index >= 15 is 0 Å². The lowest BCUT2D eigenvalue weighted by atomic mass is 10.1. The van der Waals surface area contributed by atoms with Crippen molar-refractivity contribution in [3.05, 3.63) is 23.9 Å². The van der Waals surface area contributed by atoms with Crippen molar-refractivity contribution in [3.63, 3.8) is 0 Å². The third-order valence-corrected chi connectivity index (χ3v) is 3.60. The van der Waals surface area contributed by atoms with E-state index in [2.05, 4.69) is 20.9 Å². The van der Waals surface area contributed by atoms with Crippen molar-refractivity contribution in [1.29, 1.82) is 0 Å². The van der Waals surface area contributed by atoms with Crippen molar-refractivity contribution in [2.75, 3.05) is 37.6 Å². The zero-order valence-corrected chi connectivity index (χ0v) is 12.7. The molecule has 1 saturated heterocycles. The Kier molecular flexibility index (Phi) is 4.62. The van der Waals surface area contributed by atoms with Gasteiger partial charge in [0.05, 0.1) is 5.60 Å². The molecule has 0 spiro atoms. The maximum atomic E-state index is 9.87. The van der Waals surface area contributed by atoms with Gasteiger partial charge in [-0.3, -0.25) is 4.90 Å². The number of nitrogens with zero attached hydrogens (tertiary/aromatic N) is 3. The summed E-state index contributed by atoms with van der Waals surface area (Å²) < 4.78 is 0. The molecule has 0 bridgehead atoms. The quantitative estimate of drug-likeness (QED) is 0.860. The normalized spacial score (nSPS) is 19.1. The van der Waals surface area contributed by atoms with Crippen LogP contribution in [0.5, 0.6) is 0 Å². The van der Waals surface area contributed by atoms with Crippen LogP contribution in [0.4, 0.5) is 5.82 Å². The summed E-state index contributed by atoms with van der Waals surface area (Å²) in [6, 6.07) is 4.09. The number of hydrogen-bond donors (Lipinski definition) is 2. The van der Waals surface area contributed by atoms with Gasteiger partial charge in [0.1, 0.15) is 5.82 Å². The van der Waals surface area contributed by atoms with Crippen LogP contribution in [0.15, 0.2) is 18.3 Å². The molecule has 2 rings (SSSR count). The van der Waals surface area contributed by atoms with Crippen LogP contribution in [-0.4, -0.2) is 53.3 Å². The Bertz CT molecular complexity index is 434. The van der Waals surface area contributed by atoms with Crippen molar-refractivity contribution in [2.24, 2.45) is 5.73 Å². The maximum Gasteiger partial charge on any atom is 0.128 e. The Balaban J connectivity index is 1.95. The SMILES string of the molecule is C[C@H](N)c1ccnc(N2CCN(CC(C)(C)O)CC2)c1. The molecular weight excluding hydrogens is 252 g/mol. The number of nitrogens with two attached hydrogens (primary N) is 1. The molecule has 1 fully saturated rings. The van der Waals surface area contributed by atoms with E-state index in [1.165, 1.54) is 0 Å². The molecule has 0 unspecified atom stereocenters. The number of β-amino-alcohol motifs (C(OH)–C–C–N with tert-alkyl or cyclic N) is 1. The highest BCUT2D eigenvalue weighted by molar-refractivity contribution is 5.42. The Labute approximate surface area is 121 Å². The minimum Gasteiger partial charge on any atom is -0.389 e. The molecule has 1 aliphatic heterocycles. The predicted octanol–water partition coefficient (Wildman–Crippen LogP) is 0.994. The van der Waals surface area contributed by atoms with E-state index in [0.717, 1.165) is 37.6 Å². The van der Waals surface area contributed by atoms with Gasteiger partial charge in [0.15, 0.2) is 0 Å². The number of aliphatic hydroxyl groups is 1. The summed E-state index contributed by atoms with van der Waals surface area (Å²) in [6.07, 6.45) is 1.83. The summed E-state index contributed by atoms with van der Waals surface area (Å²) in [5, 5.41) is 9.87. The summed E-state index contributed by atoms with van der Waals surface area (Å²) in [6.45, 7) is 10.2. The standard InChI is InChI=1S/C15H26N4O/c1-12(16)13-4-5-17-14(10-13)19-8-6-18(7-9-19)11-15(2,3)20/h4-5,10,12,20H,6-9,11,16H2,1-3H3/t12-/m0/s1. The molecule has 5 heteroatoms. The molecule has 1 aromatic heterocycles. The molecule has 112 valence electrons. The van der Waals surface area contributed by atoms with E-state index in [1.54, 1.807) is 0 Å². The highest BCUT2D eigenvalue weighted by atomic mass is 16.3. The second-order valence-corrected chi connectivity index (χ2v) is 6.31. The smallest absolute Gasteiger partial charge is 0.128 e. The lowest BCUT2D eigenvalue weighted by Gasteiger charge is -2.37. The Morgan fingerprint density at radius 1 is 1.35 bits per heavy atom.